The Hall–Kier alpha value is -2.93. The predicted octanol–water partition coefficient (Wildman–Crippen LogP) is 1.98. The number of amides is 3. The average Bonchev–Trinajstić information content (AvgIpc) is 2.63. The molecule has 0 spiro atoms. The maximum Gasteiger partial charge on any atom is 0.242 e. The average molecular weight is 413 g/mol. The van der Waals surface area contributed by atoms with Gasteiger partial charge in [0.1, 0.15) is 6.04 Å². The highest BCUT2D eigenvalue weighted by Gasteiger charge is 2.20. The summed E-state index contributed by atoms with van der Waals surface area (Å²) in [6, 6.07) is 12.6. The summed E-state index contributed by atoms with van der Waals surface area (Å²) in [6.07, 6.45) is 0.0187. The quantitative estimate of drug-likeness (QED) is 0.531. The molecule has 0 bridgehead atoms. The highest BCUT2D eigenvalue weighted by Crippen LogP contribution is 2.18. The molecular formula is C23H32N4O3. The van der Waals surface area contributed by atoms with Crippen molar-refractivity contribution in [3.8, 4) is 0 Å². The lowest BCUT2D eigenvalue weighted by Gasteiger charge is -2.22. The van der Waals surface area contributed by atoms with Crippen molar-refractivity contribution in [3.05, 3.63) is 48.0 Å². The van der Waals surface area contributed by atoms with Gasteiger partial charge in [0.05, 0.1) is 0 Å². The first-order chi connectivity index (χ1) is 14.0. The fourth-order valence-electron chi connectivity index (χ4n) is 3.17. The van der Waals surface area contributed by atoms with E-state index in [1.54, 1.807) is 6.92 Å². The van der Waals surface area contributed by atoms with Gasteiger partial charge >= 0.3 is 0 Å². The molecule has 0 fully saturated rings. The summed E-state index contributed by atoms with van der Waals surface area (Å²) in [5.41, 5.74) is 6.57. The number of hydrogen-bond acceptors (Lipinski definition) is 4. The molecule has 0 aromatic heterocycles. The van der Waals surface area contributed by atoms with Gasteiger partial charge in [0.2, 0.25) is 17.7 Å². The molecule has 0 heterocycles. The van der Waals surface area contributed by atoms with Crippen molar-refractivity contribution in [3.63, 3.8) is 0 Å². The Labute approximate surface area is 177 Å². The summed E-state index contributed by atoms with van der Waals surface area (Å²) in [6.45, 7) is 7.62. The van der Waals surface area contributed by atoms with Gasteiger partial charge in [0, 0.05) is 31.0 Å². The maximum atomic E-state index is 12.4. The molecule has 0 saturated carbocycles. The molecule has 2 rings (SSSR count). The van der Waals surface area contributed by atoms with Crippen molar-refractivity contribution in [1.29, 1.82) is 0 Å². The van der Waals surface area contributed by atoms with Gasteiger partial charge in [-0.2, -0.15) is 0 Å². The third-order valence-electron chi connectivity index (χ3n) is 4.51. The van der Waals surface area contributed by atoms with E-state index < -0.39 is 12.1 Å². The predicted molar refractivity (Wildman–Crippen MR) is 119 cm³/mol. The minimum atomic E-state index is -0.705. The Kier molecular flexibility index (Phi) is 7.94. The molecule has 3 amide bonds. The second-order valence-corrected chi connectivity index (χ2v) is 8.61. The number of benzene rings is 2. The summed E-state index contributed by atoms with van der Waals surface area (Å²) < 4.78 is 0. The third-order valence-corrected chi connectivity index (χ3v) is 4.51. The zero-order chi connectivity index (χ0) is 22.3. The zero-order valence-electron chi connectivity index (χ0n) is 18.1. The standard InChI is InChI=1S/C23H32N4O3/c1-15(26-20(28)12-18(24)13-21(29)27-23(2,3)4)22(30)25-14-17-10-7-9-16-8-5-6-11-19(16)17/h5-11,15,18H,12-14,24H2,1-4H3,(H,25,30)(H,26,28)(H,27,29)/t15-,18+/m0/s1. The van der Waals surface area contributed by atoms with E-state index in [2.05, 4.69) is 16.0 Å². The van der Waals surface area contributed by atoms with E-state index in [9.17, 15) is 14.4 Å². The minimum absolute atomic E-state index is 0.0293. The minimum Gasteiger partial charge on any atom is -0.351 e. The highest BCUT2D eigenvalue weighted by molar-refractivity contribution is 5.89. The van der Waals surface area contributed by atoms with Crippen LogP contribution in [0.3, 0.4) is 0 Å². The summed E-state index contributed by atoms with van der Waals surface area (Å²) in [5, 5.41) is 10.5. The zero-order valence-corrected chi connectivity index (χ0v) is 18.1. The van der Waals surface area contributed by atoms with Crippen LogP contribution in [-0.2, 0) is 20.9 Å². The molecule has 5 N–H and O–H groups in total. The Morgan fingerprint density at radius 1 is 0.967 bits per heavy atom. The van der Waals surface area contributed by atoms with Crippen LogP contribution in [0.2, 0.25) is 0 Å². The Morgan fingerprint density at radius 3 is 2.30 bits per heavy atom. The molecule has 0 aliphatic rings. The molecule has 2 aromatic carbocycles. The number of fused-ring (bicyclic) bond motifs is 1. The van der Waals surface area contributed by atoms with E-state index in [4.69, 9.17) is 5.73 Å². The van der Waals surface area contributed by atoms with Crippen molar-refractivity contribution in [2.45, 2.75) is 64.7 Å². The monoisotopic (exact) mass is 412 g/mol. The van der Waals surface area contributed by atoms with Gasteiger partial charge in [-0.25, -0.2) is 0 Å². The van der Waals surface area contributed by atoms with Crippen LogP contribution in [-0.4, -0.2) is 35.3 Å². The van der Waals surface area contributed by atoms with Crippen LogP contribution in [0.15, 0.2) is 42.5 Å². The summed E-state index contributed by atoms with van der Waals surface area (Å²) in [7, 11) is 0. The van der Waals surface area contributed by atoms with Crippen LogP contribution in [0.25, 0.3) is 10.8 Å². The molecule has 30 heavy (non-hydrogen) atoms. The number of nitrogens with one attached hydrogen (secondary N) is 3. The maximum absolute atomic E-state index is 12.4. The van der Waals surface area contributed by atoms with Crippen molar-refractivity contribution < 1.29 is 14.4 Å². The summed E-state index contributed by atoms with van der Waals surface area (Å²) in [4.78, 5) is 36.5. The first-order valence-corrected chi connectivity index (χ1v) is 10.2. The summed E-state index contributed by atoms with van der Waals surface area (Å²) >= 11 is 0. The van der Waals surface area contributed by atoms with Crippen LogP contribution >= 0.6 is 0 Å². The lowest BCUT2D eigenvalue weighted by Crippen LogP contribution is -2.47. The number of carbonyl (C=O) groups excluding carboxylic acids is 3. The number of hydrogen-bond donors (Lipinski definition) is 4. The number of nitrogens with two attached hydrogens (primary N) is 1. The fourth-order valence-corrected chi connectivity index (χ4v) is 3.17. The van der Waals surface area contributed by atoms with Crippen molar-refractivity contribution in [2.24, 2.45) is 5.73 Å². The van der Waals surface area contributed by atoms with Crippen LogP contribution < -0.4 is 21.7 Å². The van der Waals surface area contributed by atoms with E-state index in [0.717, 1.165) is 16.3 Å². The van der Waals surface area contributed by atoms with Crippen LogP contribution in [0, 0.1) is 0 Å². The SMILES string of the molecule is C[C@H](NC(=O)C[C@@H](N)CC(=O)NC(C)(C)C)C(=O)NCc1cccc2ccccc12. The lowest BCUT2D eigenvalue weighted by molar-refractivity contribution is -0.129. The van der Waals surface area contributed by atoms with Gasteiger partial charge in [0.15, 0.2) is 0 Å². The van der Waals surface area contributed by atoms with E-state index in [0.29, 0.717) is 6.54 Å². The largest absolute Gasteiger partial charge is 0.351 e. The van der Waals surface area contributed by atoms with Crippen molar-refractivity contribution in [2.75, 3.05) is 0 Å². The van der Waals surface area contributed by atoms with Gasteiger partial charge < -0.3 is 21.7 Å². The molecule has 7 nitrogen and oxygen atoms in total. The van der Waals surface area contributed by atoms with Crippen LogP contribution in [0.5, 0.6) is 0 Å². The summed E-state index contributed by atoms with van der Waals surface area (Å²) in [5.74, 6) is -0.849. The van der Waals surface area contributed by atoms with Gasteiger partial charge in [-0.05, 0) is 44.0 Å². The molecule has 2 aromatic rings. The third kappa shape index (κ3) is 7.48. The molecule has 0 aliphatic carbocycles. The number of carbonyl (C=O) groups is 3. The molecule has 162 valence electrons. The van der Waals surface area contributed by atoms with Crippen molar-refractivity contribution >= 4 is 28.5 Å². The number of rotatable bonds is 8. The molecule has 0 saturated heterocycles. The van der Waals surface area contributed by atoms with Gasteiger partial charge in [0.25, 0.3) is 0 Å². The van der Waals surface area contributed by atoms with Gasteiger partial charge in [-0.15, -0.1) is 0 Å². The Morgan fingerprint density at radius 2 is 1.60 bits per heavy atom. The van der Waals surface area contributed by atoms with Crippen molar-refractivity contribution in [1.82, 2.24) is 16.0 Å². The second-order valence-electron chi connectivity index (χ2n) is 8.61. The first-order valence-electron chi connectivity index (χ1n) is 10.2. The molecule has 7 heteroatoms. The molecular weight excluding hydrogens is 380 g/mol. The Balaban J connectivity index is 1.80. The molecule has 2 atom stereocenters. The Bertz CT molecular complexity index is 899. The van der Waals surface area contributed by atoms with E-state index >= 15 is 0 Å². The smallest absolute Gasteiger partial charge is 0.242 e. The molecule has 0 unspecified atom stereocenters. The van der Waals surface area contributed by atoms with E-state index in [-0.39, 0.29) is 36.1 Å². The fraction of sp³-hybridized carbons (Fsp3) is 0.435. The molecule has 0 radical (unpaired) electrons. The van der Waals surface area contributed by atoms with Gasteiger partial charge in [-0.3, -0.25) is 14.4 Å². The normalized spacial score (nSPS) is 13.4. The van der Waals surface area contributed by atoms with Gasteiger partial charge in [-0.1, -0.05) is 42.5 Å². The van der Waals surface area contributed by atoms with Crippen LogP contribution in [0.4, 0.5) is 0 Å². The highest BCUT2D eigenvalue weighted by atomic mass is 16.2. The molecule has 0 aliphatic heterocycles. The van der Waals surface area contributed by atoms with E-state index in [1.807, 2.05) is 63.2 Å². The first kappa shape index (κ1) is 23.3. The second kappa shape index (κ2) is 10.2. The van der Waals surface area contributed by atoms with E-state index in [1.165, 1.54) is 0 Å². The lowest BCUT2D eigenvalue weighted by atomic mass is 10.0. The van der Waals surface area contributed by atoms with Crippen LogP contribution in [0.1, 0.15) is 46.1 Å². The topological polar surface area (TPSA) is 113 Å².